The van der Waals surface area contributed by atoms with Gasteiger partial charge in [0.25, 0.3) is 0 Å². The van der Waals surface area contributed by atoms with E-state index in [9.17, 15) is 14.7 Å². The Bertz CT molecular complexity index is 1210. The zero-order valence-corrected chi connectivity index (χ0v) is 21.6. The summed E-state index contributed by atoms with van der Waals surface area (Å²) in [4.78, 5) is 29.3. The van der Waals surface area contributed by atoms with Crippen LogP contribution in [0.25, 0.3) is 10.8 Å². The fourth-order valence-electron chi connectivity index (χ4n) is 4.49. The summed E-state index contributed by atoms with van der Waals surface area (Å²) in [5, 5.41) is 19.9. The van der Waals surface area contributed by atoms with Crippen molar-refractivity contribution in [2.24, 2.45) is 5.92 Å². The molecule has 3 aromatic rings. The number of fused-ring (bicyclic) bond motifs is 3. The molecule has 0 aliphatic carbocycles. The van der Waals surface area contributed by atoms with Crippen molar-refractivity contribution >= 4 is 22.8 Å². The van der Waals surface area contributed by atoms with Gasteiger partial charge in [-0.05, 0) is 24.8 Å². The number of aromatic nitrogens is 3. The summed E-state index contributed by atoms with van der Waals surface area (Å²) < 4.78 is 13.7. The Morgan fingerprint density at radius 2 is 2.05 bits per heavy atom. The highest BCUT2D eigenvalue weighted by Gasteiger charge is 2.29. The summed E-state index contributed by atoms with van der Waals surface area (Å²) in [5.74, 6) is 0.320. The van der Waals surface area contributed by atoms with E-state index in [4.69, 9.17) is 9.47 Å². The number of benzene rings is 2. The molecule has 0 saturated heterocycles. The Hall–Kier alpha value is -3.50. The van der Waals surface area contributed by atoms with Crippen molar-refractivity contribution < 1.29 is 24.2 Å². The maximum Gasteiger partial charge on any atom is 0.415 e. The number of ether oxygens (including phenoxy) is 2. The molecule has 2 heterocycles. The molecule has 0 radical (unpaired) electrons. The Kier molecular flexibility index (Phi) is 8.73. The van der Waals surface area contributed by atoms with Crippen molar-refractivity contribution in [1.29, 1.82) is 0 Å². The van der Waals surface area contributed by atoms with Crippen molar-refractivity contribution in [3.8, 4) is 5.75 Å². The number of aryl methyl sites for hydroxylation is 1. The van der Waals surface area contributed by atoms with Gasteiger partial charge >= 0.3 is 6.09 Å². The topological polar surface area (TPSA) is 110 Å². The lowest BCUT2D eigenvalue weighted by molar-refractivity contribution is -0.136. The first-order valence-electron chi connectivity index (χ1n) is 12.7. The summed E-state index contributed by atoms with van der Waals surface area (Å²) in [5.41, 5.74) is 0.685. The second kappa shape index (κ2) is 12.2. The van der Waals surface area contributed by atoms with E-state index in [-0.39, 0.29) is 37.6 Å². The average Bonchev–Trinajstić information content (AvgIpc) is 3.36. The number of carbonyl (C=O) groups is 2. The molecule has 1 aromatic heterocycles. The van der Waals surface area contributed by atoms with Crippen LogP contribution in [0.2, 0.25) is 0 Å². The molecule has 0 saturated carbocycles. The Balaban J connectivity index is 1.51. The van der Waals surface area contributed by atoms with E-state index < -0.39 is 12.2 Å². The van der Waals surface area contributed by atoms with Crippen LogP contribution in [0, 0.1) is 5.92 Å². The van der Waals surface area contributed by atoms with Gasteiger partial charge in [-0.1, -0.05) is 48.5 Å². The molecule has 2 aromatic carbocycles. The zero-order chi connectivity index (χ0) is 26.4. The van der Waals surface area contributed by atoms with E-state index >= 15 is 0 Å². The zero-order valence-electron chi connectivity index (χ0n) is 21.6. The highest BCUT2D eigenvalue weighted by molar-refractivity contribution is 5.90. The van der Waals surface area contributed by atoms with Crippen molar-refractivity contribution in [2.75, 3.05) is 26.7 Å². The summed E-state index contributed by atoms with van der Waals surface area (Å²) in [7, 11) is 1.67. The Morgan fingerprint density at radius 3 is 2.86 bits per heavy atom. The SMILES string of the molecule is C[C@H]1CN([C@@H](C)CO)C(=O)CCCn2cc(nn2)CO[C@H]1CN(C)C(=O)Oc1cccc2ccccc12. The quantitative estimate of drug-likeness (QED) is 0.563. The van der Waals surface area contributed by atoms with Gasteiger partial charge in [0, 0.05) is 37.9 Å². The first-order valence-corrected chi connectivity index (χ1v) is 12.7. The highest BCUT2D eigenvalue weighted by Crippen LogP contribution is 2.26. The second-order valence-electron chi connectivity index (χ2n) is 9.71. The van der Waals surface area contributed by atoms with Crippen molar-refractivity contribution in [3.63, 3.8) is 0 Å². The molecule has 4 rings (SSSR count). The van der Waals surface area contributed by atoms with Gasteiger partial charge < -0.3 is 24.4 Å². The van der Waals surface area contributed by atoms with Gasteiger partial charge in [-0.15, -0.1) is 5.10 Å². The molecule has 1 N–H and O–H groups in total. The largest absolute Gasteiger partial charge is 0.415 e. The summed E-state index contributed by atoms with van der Waals surface area (Å²) in [6.45, 7) is 5.11. The fraction of sp³-hybridized carbons (Fsp3) is 0.481. The maximum absolute atomic E-state index is 13.1. The van der Waals surface area contributed by atoms with Crippen LogP contribution in [0.4, 0.5) is 4.79 Å². The predicted octanol–water partition coefficient (Wildman–Crippen LogP) is 3.09. The maximum atomic E-state index is 13.1. The molecular formula is C27H35N5O5. The molecule has 0 fully saturated rings. The lowest BCUT2D eigenvalue weighted by atomic mass is 10.0. The van der Waals surface area contributed by atoms with E-state index in [0.717, 1.165) is 10.8 Å². The summed E-state index contributed by atoms with van der Waals surface area (Å²) in [6, 6.07) is 13.0. The predicted molar refractivity (Wildman–Crippen MR) is 138 cm³/mol. The molecule has 2 bridgehead atoms. The first-order chi connectivity index (χ1) is 17.9. The third kappa shape index (κ3) is 6.64. The van der Waals surface area contributed by atoms with E-state index in [0.29, 0.717) is 37.4 Å². The number of aliphatic hydroxyl groups is 1. The lowest BCUT2D eigenvalue weighted by Crippen LogP contribution is -2.48. The van der Waals surface area contributed by atoms with E-state index in [1.807, 2.05) is 56.4 Å². The average molecular weight is 510 g/mol. The molecular weight excluding hydrogens is 474 g/mol. The normalized spacial score (nSPS) is 20.0. The van der Waals surface area contributed by atoms with Gasteiger partial charge in [0.2, 0.25) is 5.91 Å². The lowest BCUT2D eigenvalue weighted by Gasteiger charge is -2.35. The van der Waals surface area contributed by atoms with E-state index in [1.165, 1.54) is 4.90 Å². The molecule has 2 amide bonds. The summed E-state index contributed by atoms with van der Waals surface area (Å²) in [6.07, 6.45) is 1.86. The van der Waals surface area contributed by atoms with Gasteiger partial charge in [-0.2, -0.15) is 0 Å². The minimum absolute atomic E-state index is 0.0320. The van der Waals surface area contributed by atoms with Gasteiger partial charge in [-0.3, -0.25) is 9.48 Å². The van der Waals surface area contributed by atoms with E-state index in [1.54, 1.807) is 22.7 Å². The number of nitrogens with zero attached hydrogens (tertiary/aromatic N) is 5. The smallest absolute Gasteiger partial charge is 0.410 e. The highest BCUT2D eigenvalue weighted by atomic mass is 16.6. The van der Waals surface area contributed by atoms with Crippen LogP contribution in [0.3, 0.4) is 0 Å². The number of rotatable bonds is 5. The number of hydrogen-bond acceptors (Lipinski definition) is 7. The van der Waals surface area contributed by atoms with Crippen LogP contribution in [0.1, 0.15) is 32.4 Å². The van der Waals surface area contributed by atoms with Crippen LogP contribution >= 0.6 is 0 Å². The van der Waals surface area contributed by atoms with Gasteiger partial charge in [0.1, 0.15) is 11.4 Å². The molecule has 10 nitrogen and oxygen atoms in total. The van der Waals surface area contributed by atoms with Gasteiger partial charge in [-0.25, -0.2) is 4.79 Å². The van der Waals surface area contributed by atoms with Crippen LogP contribution in [0.5, 0.6) is 5.75 Å². The molecule has 1 aliphatic rings. The standard InChI is InChI=1S/C27H35N5O5/c1-19-14-32(20(2)17-33)26(34)12-7-13-31-15-22(28-29-31)18-36-25(19)16-30(3)27(35)37-24-11-6-9-21-8-4-5-10-23(21)24/h4-6,8-11,15,19-20,25,33H,7,12-14,16-18H2,1-3H3/t19-,20-,25-/m0/s1. The van der Waals surface area contributed by atoms with Crippen molar-refractivity contribution in [1.82, 2.24) is 24.8 Å². The minimum Gasteiger partial charge on any atom is -0.410 e. The first kappa shape index (κ1) is 26.6. The summed E-state index contributed by atoms with van der Waals surface area (Å²) >= 11 is 0. The second-order valence-corrected chi connectivity index (χ2v) is 9.71. The molecule has 3 atom stereocenters. The molecule has 1 aliphatic heterocycles. The number of aliphatic hydroxyl groups excluding tert-OH is 1. The van der Waals surface area contributed by atoms with Crippen LogP contribution in [-0.4, -0.2) is 80.8 Å². The van der Waals surface area contributed by atoms with Crippen LogP contribution in [-0.2, 0) is 22.7 Å². The number of amides is 2. The van der Waals surface area contributed by atoms with Crippen LogP contribution < -0.4 is 4.74 Å². The number of likely N-dealkylation sites (N-methyl/N-ethyl adjacent to an activating group) is 1. The molecule has 198 valence electrons. The van der Waals surface area contributed by atoms with Crippen LogP contribution in [0.15, 0.2) is 48.7 Å². The fourth-order valence-corrected chi connectivity index (χ4v) is 4.49. The van der Waals surface area contributed by atoms with Crippen molar-refractivity contribution in [2.45, 2.75) is 52.0 Å². The third-order valence-electron chi connectivity index (χ3n) is 6.76. The van der Waals surface area contributed by atoms with Gasteiger partial charge in [0.15, 0.2) is 0 Å². The Morgan fingerprint density at radius 1 is 1.27 bits per heavy atom. The Labute approximate surface area is 216 Å². The molecule has 0 unspecified atom stereocenters. The van der Waals surface area contributed by atoms with Crippen molar-refractivity contribution in [3.05, 3.63) is 54.4 Å². The number of hydrogen-bond donors (Lipinski definition) is 1. The third-order valence-corrected chi connectivity index (χ3v) is 6.76. The molecule has 10 heteroatoms. The van der Waals surface area contributed by atoms with E-state index in [2.05, 4.69) is 10.3 Å². The monoisotopic (exact) mass is 509 g/mol. The molecule has 0 spiro atoms. The number of carbonyl (C=O) groups excluding carboxylic acids is 2. The molecule has 37 heavy (non-hydrogen) atoms. The minimum atomic E-state index is -0.502. The van der Waals surface area contributed by atoms with Gasteiger partial charge in [0.05, 0.1) is 38.1 Å².